The Hall–Kier alpha value is -1.65. The smallest absolute Gasteiger partial charge is 0.271 e. The first-order chi connectivity index (χ1) is 9.41. The van der Waals surface area contributed by atoms with Gasteiger partial charge in [-0.3, -0.25) is 4.79 Å². The zero-order chi connectivity index (χ0) is 14.8. The molecule has 2 heterocycles. The number of anilines is 1. The van der Waals surface area contributed by atoms with Crippen molar-refractivity contribution in [3.63, 3.8) is 0 Å². The lowest BCUT2D eigenvalue weighted by Gasteiger charge is -2.39. The van der Waals surface area contributed by atoms with Crippen molar-refractivity contribution in [3.05, 3.63) is 17.8 Å². The number of carbonyl (C=O) groups excluding carboxylic acids is 1. The number of hydrogen-bond acceptors (Lipinski definition) is 4. The summed E-state index contributed by atoms with van der Waals surface area (Å²) in [4.78, 5) is 13.7. The number of aromatic nitrogens is 2. The Balaban J connectivity index is 1.99. The number of amides is 1. The maximum absolute atomic E-state index is 11.4. The zero-order valence-electron chi connectivity index (χ0n) is 12.8. The number of nitrogens with one attached hydrogen (secondary N) is 1. The molecule has 0 bridgehead atoms. The number of nitrogens with zero attached hydrogens (tertiary/aromatic N) is 3. The van der Waals surface area contributed by atoms with E-state index in [4.69, 9.17) is 0 Å². The number of piperidine rings is 1. The summed E-state index contributed by atoms with van der Waals surface area (Å²) in [6.45, 7) is 8.95. The highest BCUT2D eigenvalue weighted by Crippen LogP contribution is 2.35. The molecule has 20 heavy (non-hydrogen) atoms. The summed E-state index contributed by atoms with van der Waals surface area (Å²) in [5.41, 5.74) is 0.738. The van der Waals surface area contributed by atoms with Crippen molar-refractivity contribution in [2.75, 3.05) is 25.0 Å². The summed E-state index contributed by atoms with van der Waals surface area (Å²) in [6, 6.07) is 3.62. The predicted octanol–water partition coefficient (Wildman–Crippen LogP) is 2.10. The second-order valence-corrected chi connectivity index (χ2v) is 6.48. The molecule has 110 valence electrons. The summed E-state index contributed by atoms with van der Waals surface area (Å²) in [5.74, 6) is 1.43. The van der Waals surface area contributed by atoms with Gasteiger partial charge in [-0.1, -0.05) is 20.8 Å². The Bertz CT molecular complexity index is 456. The van der Waals surface area contributed by atoms with E-state index in [1.54, 1.807) is 13.1 Å². The molecule has 0 aliphatic carbocycles. The summed E-state index contributed by atoms with van der Waals surface area (Å²) in [6.07, 6.45) is 2.37. The van der Waals surface area contributed by atoms with Crippen LogP contribution in [0.15, 0.2) is 12.1 Å². The maximum Gasteiger partial charge on any atom is 0.271 e. The van der Waals surface area contributed by atoms with Crippen molar-refractivity contribution in [2.24, 2.45) is 11.3 Å². The fourth-order valence-corrected chi connectivity index (χ4v) is 2.72. The van der Waals surface area contributed by atoms with E-state index in [2.05, 4.69) is 41.2 Å². The molecular formula is C15H24N4O. The van der Waals surface area contributed by atoms with Crippen molar-refractivity contribution in [1.29, 1.82) is 0 Å². The van der Waals surface area contributed by atoms with Crippen LogP contribution in [0.5, 0.6) is 0 Å². The third kappa shape index (κ3) is 3.26. The number of carbonyl (C=O) groups is 1. The lowest BCUT2D eigenvalue weighted by Crippen LogP contribution is -2.38. The van der Waals surface area contributed by atoms with Crippen molar-refractivity contribution >= 4 is 11.7 Å². The minimum atomic E-state index is -0.199. The highest BCUT2D eigenvalue weighted by molar-refractivity contribution is 5.91. The second kappa shape index (κ2) is 5.77. The van der Waals surface area contributed by atoms with Crippen molar-refractivity contribution in [3.8, 4) is 0 Å². The molecule has 0 aromatic carbocycles. The predicted molar refractivity (Wildman–Crippen MR) is 79.8 cm³/mol. The summed E-state index contributed by atoms with van der Waals surface area (Å²) in [7, 11) is 1.59. The van der Waals surface area contributed by atoms with Crippen LogP contribution in [0.4, 0.5) is 5.82 Å². The Morgan fingerprint density at radius 3 is 2.35 bits per heavy atom. The standard InChI is InChI=1S/C15H24N4O/c1-15(2,3)11-7-9-19(10-8-11)13-6-5-12(17-18-13)14(20)16-4/h5-6,11H,7-10H2,1-4H3,(H,16,20). The second-order valence-electron chi connectivity index (χ2n) is 6.48. The quantitative estimate of drug-likeness (QED) is 0.898. The fraction of sp³-hybridized carbons (Fsp3) is 0.667. The molecule has 1 saturated heterocycles. The monoisotopic (exact) mass is 276 g/mol. The van der Waals surface area contributed by atoms with E-state index >= 15 is 0 Å². The van der Waals surface area contributed by atoms with Gasteiger partial charge in [-0.05, 0) is 36.3 Å². The molecular weight excluding hydrogens is 252 g/mol. The summed E-state index contributed by atoms with van der Waals surface area (Å²) in [5, 5.41) is 10.7. The molecule has 1 amide bonds. The topological polar surface area (TPSA) is 58.1 Å². The third-order valence-corrected chi connectivity index (χ3v) is 4.15. The van der Waals surface area contributed by atoms with Gasteiger partial charge < -0.3 is 10.2 Å². The van der Waals surface area contributed by atoms with Crippen LogP contribution in [-0.2, 0) is 0 Å². The Kier molecular flexibility index (Phi) is 4.26. The average molecular weight is 276 g/mol. The highest BCUT2D eigenvalue weighted by Gasteiger charge is 2.29. The molecule has 1 N–H and O–H groups in total. The van der Waals surface area contributed by atoms with Gasteiger partial charge in [0.2, 0.25) is 0 Å². The van der Waals surface area contributed by atoms with Gasteiger partial charge in [0.15, 0.2) is 11.5 Å². The van der Waals surface area contributed by atoms with E-state index in [0.29, 0.717) is 11.1 Å². The van der Waals surface area contributed by atoms with Crippen LogP contribution in [0.3, 0.4) is 0 Å². The van der Waals surface area contributed by atoms with Crippen LogP contribution < -0.4 is 10.2 Å². The molecule has 1 aromatic heterocycles. The van der Waals surface area contributed by atoms with E-state index in [1.807, 2.05) is 6.07 Å². The Morgan fingerprint density at radius 2 is 1.90 bits per heavy atom. The van der Waals surface area contributed by atoms with Gasteiger partial charge in [-0.2, -0.15) is 0 Å². The number of hydrogen-bond donors (Lipinski definition) is 1. The van der Waals surface area contributed by atoms with Gasteiger partial charge in [0.05, 0.1) is 0 Å². The van der Waals surface area contributed by atoms with Crippen LogP contribution in [0.2, 0.25) is 0 Å². The van der Waals surface area contributed by atoms with Crippen LogP contribution in [-0.4, -0.2) is 36.2 Å². The average Bonchev–Trinajstić information content (AvgIpc) is 2.46. The highest BCUT2D eigenvalue weighted by atomic mass is 16.1. The normalized spacial score (nSPS) is 17.1. The molecule has 2 rings (SSSR count). The molecule has 0 radical (unpaired) electrons. The first-order valence-corrected chi connectivity index (χ1v) is 7.22. The largest absolute Gasteiger partial charge is 0.355 e. The van der Waals surface area contributed by atoms with E-state index in [0.717, 1.165) is 24.8 Å². The van der Waals surface area contributed by atoms with Crippen LogP contribution >= 0.6 is 0 Å². The van der Waals surface area contributed by atoms with E-state index < -0.39 is 0 Å². The molecule has 5 heteroatoms. The Morgan fingerprint density at radius 1 is 1.25 bits per heavy atom. The van der Waals surface area contributed by atoms with Crippen molar-refractivity contribution < 1.29 is 4.79 Å². The first kappa shape index (κ1) is 14.8. The van der Waals surface area contributed by atoms with Crippen LogP contribution in [0.25, 0.3) is 0 Å². The van der Waals surface area contributed by atoms with Crippen LogP contribution in [0.1, 0.15) is 44.1 Å². The minimum absolute atomic E-state index is 0.199. The van der Waals surface area contributed by atoms with Gasteiger partial charge in [-0.15, -0.1) is 10.2 Å². The molecule has 1 aliphatic heterocycles. The maximum atomic E-state index is 11.4. The molecule has 0 atom stereocenters. The summed E-state index contributed by atoms with van der Waals surface area (Å²) < 4.78 is 0. The molecule has 0 saturated carbocycles. The molecule has 5 nitrogen and oxygen atoms in total. The summed E-state index contributed by atoms with van der Waals surface area (Å²) >= 11 is 0. The molecule has 0 unspecified atom stereocenters. The van der Waals surface area contributed by atoms with Gasteiger partial charge in [0.1, 0.15) is 0 Å². The lowest BCUT2D eigenvalue weighted by atomic mass is 9.75. The lowest BCUT2D eigenvalue weighted by molar-refractivity contribution is 0.0957. The van der Waals surface area contributed by atoms with E-state index in [9.17, 15) is 4.79 Å². The molecule has 1 aromatic rings. The van der Waals surface area contributed by atoms with E-state index in [1.165, 1.54) is 12.8 Å². The molecule has 1 aliphatic rings. The van der Waals surface area contributed by atoms with Gasteiger partial charge in [-0.25, -0.2) is 0 Å². The first-order valence-electron chi connectivity index (χ1n) is 7.22. The number of rotatable bonds is 2. The van der Waals surface area contributed by atoms with E-state index in [-0.39, 0.29) is 5.91 Å². The SMILES string of the molecule is CNC(=O)c1ccc(N2CCC(C(C)(C)C)CC2)nn1. The zero-order valence-corrected chi connectivity index (χ0v) is 12.8. The van der Waals surface area contributed by atoms with Crippen molar-refractivity contribution in [1.82, 2.24) is 15.5 Å². The van der Waals surface area contributed by atoms with Gasteiger partial charge in [0.25, 0.3) is 5.91 Å². The van der Waals surface area contributed by atoms with Crippen LogP contribution in [0, 0.1) is 11.3 Å². The molecule has 0 spiro atoms. The minimum Gasteiger partial charge on any atom is -0.355 e. The molecule has 1 fully saturated rings. The third-order valence-electron chi connectivity index (χ3n) is 4.15. The van der Waals surface area contributed by atoms with Gasteiger partial charge >= 0.3 is 0 Å². The Labute approximate surface area is 120 Å². The van der Waals surface area contributed by atoms with Gasteiger partial charge in [0, 0.05) is 20.1 Å². The van der Waals surface area contributed by atoms with Crippen molar-refractivity contribution in [2.45, 2.75) is 33.6 Å². The fourth-order valence-electron chi connectivity index (χ4n) is 2.72.